The van der Waals surface area contributed by atoms with Gasteiger partial charge in [0, 0.05) is 24.8 Å². The SMILES string of the molecule is O=C(C[N+]12CCC(CC1)[C@@H](OC(=O)C(c1ccccc1)c1ccccc1)C2)Nc1ccon1.[Br-]. The van der Waals surface area contributed by atoms with Gasteiger partial charge in [-0.25, -0.2) is 0 Å². The van der Waals surface area contributed by atoms with Gasteiger partial charge in [-0.2, -0.15) is 0 Å². The number of nitrogens with one attached hydrogen (secondary N) is 1. The molecule has 2 aromatic carbocycles. The van der Waals surface area contributed by atoms with Crippen LogP contribution in [0.5, 0.6) is 0 Å². The smallest absolute Gasteiger partial charge is 0.318 e. The molecule has 1 amide bonds. The van der Waals surface area contributed by atoms with Crippen LogP contribution in [0.1, 0.15) is 29.9 Å². The zero-order valence-electron chi connectivity index (χ0n) is 18.8. The van der Waals surface area contributed by atoms with Crippen molar-refractivity contribution in [2.75, 3.05) is 31.5 Å². The highest BCUT2D eigenvalue weighted by molar-refractivity contribution is 5.90. The van der Waals surface area contributed by atoms with Crippen LogP contribution in [0.15, 0.2) is 77.5 Å². The summed E-state index contributed by atoms with van der Waals surface area (Å²) in [4.78, 5) is 26.2. The highest BCUT2D eigenvalue weighted by Crippen LogP contribution is 2.37. The van der Waals surface area contributed by atoms with E-state index >= 15 is 0 Å². The Bertz CT molecular complexity index is 1040. The summed E-state index contributed by atoms with van der Waals surface area (Å²) in [5.74, 6) is -0.0229. The van der Waals surface area contributed by atoms with Gasteiger partial charge < -0.3 is 36.0 Å². The third kappa shape index (κ3) is 5.23. The van der Waals surface area contributed by atoms with Gasteiger partial charge in [-0.1, -0.05) is 65.8 Å². The Hall–Kier alpha value is -2.97. The molecule has 0 spiro atoms. The maximum Gasteiger partial charge on any atom is 0.318 e. The van der Waals surface area contributed by atoms with Crippen LogP contribution in [0.4, 0.5) is 5.82 Å². The molecule has 7 nitrogen and oxygen atoms in total. The van der Waals surface area contributed by atoms with E-state index in [-0.39, 0.29) is 35.0 Å². The molecule has 6 rings (SSSR count). The van der Waals surface area contributed by atoms with Crippen LogP contribution in [-0.2, 0) is 14.3 Å². The van der Waals surface area contributed by atoms with Crippen molar-refractivity contribution >= 4 is 17.7 Å². The molecule has 0 radical (unpaired) electrons. The van der Waals surface area contributed by atoms with Crippen molar-refractivity contribution in [1.82, 2.24) is 5.16 Å². The van der Waals surface area contributed by atoms with Crippen molar-refractivity contribution < 1.29 is 40.3 Å². The van der Waals surface area contributed by atoms with Crippen molar-refractivity contribution in [3.63, 3.8) is 0 Å². The molecule has 3 saturated heterocycles. The van der Waals surface area contributed by atoms with Gasteiger partial charge in [0.1, 0.15) is 18.7 Å². The monoisotopic (exact) mass is 525 g/mol. The lowest BCUT2D eigenvalue weighted by atomic mass is 9.83. The summed E-state index contributed by atoms with van der Waals surface area (Å²) in [6.45, 7) is 2.85. The van der Waals surface area contributed by atoms with Crippen LogP contribution in [-0.4, -0.2) is 53.8 Å². The van der Waals surface area contributed by atoms with Gasteiger partial charge >= 0.3 is 5.97 Å². The first kappa shape index (κ1) is 24.2. The van der Waals surface area contributed by atoms with Crippen molar-refractivity contribution in [2.24, 2.45) is 5.92 Å². The molecule has 4 heterocycles. The first-order valence-corrected chi connectivity index (χ1v) is 11.5. The molecule has 8 heteroatoms. The third-order valence-corrected chi connectivity index (χ3v) is 6.99. The zero-order chi connectivity index (χ0) is 22.7. The van der Waals surface area contributed by atoms with E-state index in [1.807, 2.05) is 60.7 Å². The molecular weight excluding hydrogens is 498 g/mol. The first-order chi connectivity index (χ1) is 16.1. The lowest BCUT2D eigenvalue weighted by Gasteiger charge is -2.51. The van der Waals surface area contributed by atoms with E-state index in [0.29, 0.717) is 29.3 Å². The van der Waals surface area contributed by atoms with E-state index in [1.165, 1.54) is 6.26 Å². The van der Waals surface area contributed by atoms with Crippen LogP contribution >= 0.6 is 0 Å². The predicted molar refractivity (Wildman–Crippen MR) is 122 cm³/mol. The molecule has 3 fully saturated rings. The number of rotatable bonds is 7. The van der Waals surface area contributed by atoms with Gasteiger partial charge in [-0.3, -0.25) is 9.59 Å². The molecule has 1 N–H and O–H groups in total. The van der Waals surface area contributed by atoms with Gasteiger partial charge in [-0.05, 0) is 11.1 Å². The number of esters is 1. The molecule has 2 bridgehead atoms. The minimum Gasteiger partial charge on any atom is -1.00 e. The van der Waals surface area contributed by atoms with Crippen LogP contribution in [0, 0.1) is 5.92 Å². The van der Waals surface area contributed by atoms with Gasteiger partial charge in [0.2, 0.25) is 0 Å². The molecular formula is C26H28BrN3O4. The Morgan fingerprint density at radius 2 is 1.62 bits per heavy atom. The fourth-order valence-electron chi connectivity index (χ4n) is 5.31. The number of quaternary nitrogens is 1. The average Bonchev–Trinajstić information content (AvgIpc) is 3.34. The summed E-state index contributed by atoms with van der Waals surface area (Å²) >= 11 is 0. The molecule has 3 aliphatic heterocycles. The highest BCUT2D eigenvalue weighted by atomic mass is 79.9. The second kappa shape index (κ2) is 10.5. The van der Waals surface area contributed by atoms with Gasteiger partial charge in [-0.15, -0.1) is 0 Å². The maximum absolute atomic E-state index is 13.5. The molecule has 0 aliphatic carbocycles. The normalized spacial score (nSPS) is 23.2. The number of ether oxygens (including phenoxy) is 1. The van der Waals surface area contributed by atoms with E-state index in [9.17, 15) is 9.59 Å². The van der Waals surface area contributed by atoms with Crippen LogP contribution in [0.25, 0.3) is 0 Å². The molecule has 0 unspecified atom stereocenters. The van der Waals surface area contributed by atoms with Crippen LogP contribution in [0.3, 0.4) is 0 Å². The van der Waals surface area contributed by atoms with Crippen molar-refractivity contribution in [2.45, 2.75) is 24.9 Å². The zero-order valence-corrected chi connectivity index (χ0v) is 20.4. The Morgan fingerprint density at radius 1 is 1.00 bits per heavy atom. The summed E-state index contributed by atoms with van der Waals surface area (Å²) in [5, 5.41) is 6.55. The molecule has 3 aromatic rings. The van der Waals surface area contributed by atoms with Crippen molar-refractivity contribution in [3.8, 4) is 0 Å². The fraction of sp³-hybridized carbons (Fsp3) is 0.346. The number of carbonyl (C=O) groups is 2. The topological polar surface area (TPSA) is 81.4 Å². The van der Waals surface area contributed by atoms with Gasteiger partial charge in [0.25, 0.3) is 5.91 Å². The number of amides is 1. The number of carbonyl (C=O) groups excluding carboxylic acids is 2. The number of benzene rings is 2. The molecule has 1 atom stereocenters. The van der Waals surface area contributed by atoms with E-state index < -0.39 is 5.92 Å². The number of piperidine rings is 3. The number of fused-ring (bicyclic) bond motifs is 3. The summed E-state index contributed by atoms with van der Waals surface area (Å²) < 4.78 is 11.6. The molecule has 1 aromatic heterocycles. The number of hydrogen-bond acceptors (Lipinski definition) is 5. The quantitative estimate of drug-likeness (QED) is 0.361. The van der Waals surface area contributed by atoms with Gasteiger partial charge in [0.15, 0.2) is 18.5 Å². The predicted octanol–water partition coefficient (Wildman–Crippen LogP) is 0.601. The molecule has 0 saturated carbocycles. The summed E-state index contributed by atoms with van der Waals surface area (Å²) in [6.07, 6.45) is 3.15. The van der Waals surface area contributed by atoms with Crippen LogP contribution < -0.4 is 22.3 Å². The highest BCUT2D eigenvalue weighted by Gasteiger charge is 2.49. The standard InChI is InChI=1S/C26H27N3O4.BrH/c30-24(27-23-13-16-32-28-23)18-29-14-11-19(12-15-29)22(17-29)33-26(31)25(20-7-3-1-4-8-20)21-9-5-2-6-10-21;/h1-10,13,16,19,22,25H,11-12,14-15,17-18H2;1H/t19?,22-,29?;/m0./s1. The average molecular weight is 526 g/mol. The number of halogens is 1. The third-order valence-electron chi connectivity index (χ3n) is 6.99. The van der Waals surface area contributed by atoms with Crippen molar-refractivity contribution in [3.05, 3.63) is 84.1 Å². The fourth-order valence-corrected chi connectivity index (χ4v) is 5.31. The first-order valence-electron chi connectivity index (χ1n) is 11.5. The Labute approximate surface area is 209 Å². The number of hydrogen-bond donors (Lipinski definition) is 1. The Morgan fingerprint density at radius 3 is 2.18 bits per heavy atom. The Balaban J connectivity index is 0.00000274. The van der Waals surface area contributed by atoms with Crippen LogP contribution in [0.2, 0.25) is 0 Å². The van der Waals surface area contributed by atoms with Crippen molar-refractivity contribution in [1.29, 1.82) is 0 Å². The van der Waals surface area contributed by atoms with E-state index in [0.717, 1.165) is 37.1 Å². The number of aromatic nitrogens is 1. The summed E-state index contributed by atoms with van der Waals surface area (Å²) in [6, 6.07) is 21.2. The van der Waals surface area contributed by atoms with E-state index in [1.54, 1.807) is 6.07 Å². The summed E-state index contributed by atoms with van der Waals surface area (Å²) in [7, 11) is 0. The molecule has 178 valence electrons. The number of nitrogens with zero attached hydrogens (tertiary/aromatic N) is 2. The summed E-state index contributed by atoms with van der Waals surface area (Å²) in [5.41, 5.74) is 1.84. The van der Waals surface area contributed by atoms with E-state index in [4.69, 9.17) is 9.26 Å². The number of anilines is 1. The second-order valence-corrected chi connectivity index (χ2v) is 9.13. The largest absolute Gasteiger partial charge is 1.00 e. The lowest BCUT2D eigenvalue weighted by molar-refractivity contribution is -0.938. The minimum atomic E-state index is -0.466. The minimum absolute atomic E-state index is 0. The molecule has 34 heavy (non-hydrogen) atoms. The van der Waals surface area contributed by atoms with Gasteiger partial charge in [0.05, 0.1) is 13.1 Å². The molecule has 3 aliphatic rings. The second-order valence-electron chi connectivity index (χ2n) is 9.13. The maximum atomic E-state index is 13.5. The Kier molecular flexibility index (Phi) is 7.48. The van der Waals surface area contributed by atoms with E-state index in [2.05, 4.69) is 10.5 Å². The lowest BCUT2D eigenvalue weighted by Crippen LogP contribution is -3.00.